The second-order valence-electron chi connectivity index (χ2n) is 4.48. The summed E-state index contributed by atoms with van der Waals surface area (Å²) in [5.74, 6) is 0.423. The molecule has 22 heavy (non-hydrogen) atoms. The van der Waals surface area contributed by atoms with Gasteiger partial charge < -0.3 is 4.74 Å². The predicted octanol–water partition coefficient (Wildman–Crippen LogP) is 3.76. The molecule has 1 aromatic heterocycles. The molecule has 0 saturated carbocycles. The monoisotopic (exact) mass is 354 g/mol. The quantitative estimate of drug-likeness (QED) is 0.774. The van der Waals surface area contributed by atoms with Crippen LogP contribution in [-0.4, -0.2) is 19.9 Å². The largest absolute Gasteiger partial charge is 0.495 e. The summed E-state index contributed by atoms with van der Waals surface area (Å²) in [5.41, 5.74) is 0.472. The lowest BCUT2D eigenvalue weighted by molar-refractivity contribution is 0.414. The molecule has 0 aliphatic heterocycles. The summed E-state index contributed by atoms with van der Waals surface area (Å²) in [6.07, 6.45) is 1.70. The zero-order valence-corrected chi connectivity index (χ0v) is 13.8. The first-order valence-electron chi connectivity index (χ1n) is 6.20. The highest BCUT2D eigenvalue weighted by atomic mass is 35.5. The standard InChI is InChI=1S/C14H11ClN2O3S2/c1-20-13-4-3-11(7-12(13)15)22(18,19)17-10-2-5-14-9(6-10)8-16-21-14/h2-8,17H,1H3. The number of anilines is 1. The van der Waals surface area contributed by atoms with E-state index in [1.54, 1.807) is 18.3 Å². The molecule has 114 valence electrons. The van der Waals surface area contributed by atoms with Crippen LogP contribution in [0.5, 0.6) is 5.75 Å². The lowest BCUT2D eigenvalue weighted by atomic mass is 10.2. The van der Waals surface area contributed by atoms with Crippen LogP contribution in [0, 0.1) is 0 Å². The number of fused-ring (bicyclic) bond motifs is 1. The smallest absolute Gasteiger partial charge is 0.261 e. The maximum Gasteiger partial charge on any atom is 0.261 e. The van der Waals surface area contributed by atoms with Crippen molar-refractivity contribution in [3.8, 4) is 5.75 Å². The van der Waals surface area contributed by atoms with Crippen molar-refractivity contribution in [2.24, 2.45) is 0 Å². The molecule has 0 amide bonds. The first-order valence-corrected chi connectivity index (χ1v) is 8.84. The highest BCUT2D eigenvalue weighted by Crippen LogP contribution is 2.28. The fraction of sp³-hybridized carbons (Fsp3) is 0.0714. The second-order valence-corrected chi connectivity index (χ2v) is 7.40. The van der Waals surface area contributed by atoms with Crippen molar-refractivity contribution in [1.82, 2.24) is 4.37 Å². The van der Waals surface area contributed by atoms with Crippen molar-refractivity contribution in [3.63, 3.8) is 0 Å². The number of nitrogens with zero attached hydrogens (tertiary/aromatic N) is 1. The Balaban J connectivity index is 1.93. The number of benzene rings is 2. The Kier molecular flexibility index (Phi) is 3.94. The molecular formula is C14H11ClN2O3S2. The Morgan fingerprint density at radius 2 is 2.05 bits per heavy atom. The van der Waals surface area contributed by atoms with E-state index < -0.39 is 10.0 Å². The van der Waals surface area contributed by atoms with Crippen LogP contribution in [0.4, 0.5) is 5.69 Å². The normalized spacial score (nSPS) is 11.5. The van der Waals surface area contributed by atoms with Crippen LogP contribution >= 0.6 is 23.1 Å². The van der Waals surface area contributed by atoms with E-state index in [4.69, 9.17) is 16.3 Å². The number of aromatic nitrogens is 1. The van der Waals surface area contributed by atoms with Gasteiger partial charge >= 0.3 is 0 Å². The van der Waals surface area contributed by atoms with Gasteiger partial charge in [0.15, 0.2) is 0 Å². The lowest BCUT2D eigenvalue weighted by Crippen LogP contribution is -2.12. The average Bonchev–Trinajstić information content (AvgIpc) is 2.94. The van der Waals surface area contributed by atoms with Gasteiger partial charge in [0.2, 0.25) is 0 Å². The summed E-state index contributed by atoms with van der Waals surface area (Å²) in [4.78, 5) is 0.0711. The fourth-order valence-corrected chi connectivity index (χ4v) is 3.99. The summed E-state index contributed by atoms with van der Waals surface area (Å²) < 4.78 is 37.4. The molecule has 1 N–H and O–H groups in total. The van der Waals surface area contributed by atoms with Crippen LogP contribution in [0.2, 0.25) is 5.02 Å². The number of ether oxygens (including phenoxy) is 1. The van der Waals surface area contributed by atoms with Gasteiger partial charge in [0.1, 0.15) is 5.75 Å². The molecule has 0 fully saturated rings. The fourth-order valence-electron chi connectivity index (χ4n) is 1.96. The zero-order chi connectivity index (χ0) is 15.7. The molecule has 3 aromatic rings. The van der Waals surface area contributed by atoms with Crippen LogP contribution in [0.3, 0.4) is 0 Å². The minimum Gasteiger partial charge on any atom is -0.495 e. The Bertz CT molecular complexity index is 938. The van der Waals surface area contributed by atoms with Crippen LogP contribution in [0.15, 0.2) is 47.5 Å². The number of methoxy groups -OCH3 is 1. The maximum atomic E-state index is 12.4. The van der Waals surface area contributed by atoms with E-state index in [1.165, 1.54) is 36.8 Å². The van der Waals surface area contributed by atoms with E-state index in [9.17, 15) is 8.42 Å². The predicted molar refractivity (Wildman–Crippen MR) is 88.4 cm³/mol. The summed E-state index contributed by atoms with van der Waals surface area (Å²) in [5, 5.41) is 1.13. The van der Waals surface area contributed by atoms with E-state index in [1.807, 2.05) is 6.07 Å². The molecule has 0 aliphatic carbocycles. The Morgan fingerprint density at radius 1 is 1.23 bits per heavy atom. The van der Waals surface area contributed by atoms with Crippen LogP contribution < -0.4 is 9.46 Å². The van der Waals surface area contributed by atoms with Gasteiger partial charge in [-0.3, -0.25) is 4.72 Å². The summed E-state index contributed by atoms with van der Waals surface area (Å²) in [7, 11) is -2.25. The van der Waals surface area contributed by atoms with E-state index in [-0.39, 0.29) is 9.92 Å². The SMILES string of the molecule is COc1ccc(S(=O)(=O)Nc2ccc3sncc3c2)cc1Cl. The van der Waals surface area contributed by atoms with E-state index in [0.717, 1.165) is 10.1 Å². The lowest BCUT2D eigenvalue weighted by Gasteiger charge is -2.10. The zero-order valence-electron chi connectivity index (χ0n) is 11.4. The molecule has 0 radical (unpaired) electrons. The minimum atomic E-state index is -3.72. The second kappa shape index (κ2) is 5.75. The number of hydrogen-bond donors (Lipinski definition) is 1. The number of rotatable bonds is 4. The highest BCUT2D eigenvalue weighted by Gasteiger charge is 2.16. The van der Waals surface area contributed by atoms with Gasteiger partial charge in [-0.2, -0.15) is 4.37 Å². The molecule has 0 atom stereocenters. The first-order chi connectivity index (χ1) is 10.5. The average molecular weight is 355 g/mol. The van der Waals surface area contributed by atoms with Gasteiger partial charge in [0, 0.05) is 17.3 Å². The van der Waals surface area contributed by atoms with Crippen LogP contribution in [0.25, 0.3) is 10.1 Å². The minimum absolute atomic E-state index is 0.0711. The summed E-state index contributed by atoms with van der Waals surface area (Å²) >= 11 is 7.34. The van der Waals surface area contributed by atoms with E-state index >= 15 is 0 Å². The summed E-state index contributed by atoms with van der Waals surface area (Å²) in [6, 6.07) is 9.57. The molecular weight excluding hydrogens is 344 g/mol. The van der Waals surface area contributed by atoms with Gasteiger partial charge in [-0.25, -0.2) is 8.42 Å². The van der Waals surface area contributed by atoms with Crippen molar-refractivity contribution >= 4 is 48.9 Å². The molecule has 0 spiro atoms. The van der Waals surface area contributed by atoms with E-state index in [0.29, 0.717) is 11.4 Å². The Morgan fingerprint density at radius 3 is 2.77 bits per heavy atom. The molecule has 5 nitrogen and oxygen atoms in total. The van der Waals surface area contributed by atoms with Crippen molar-refractivity contribution in [2.45, 2.75) is 4.90 Å². The third-order valence-corrected chi connectivity index (χ3v) is 5.49. The van der Waals surface area contributed by atoms with Gasteiger partial charge in [0.25, 0.3) is 10.0 Å². The van der Waals surface area contributed by atoms with Crippen LogP contribution in [0.1, 0.15) is 0 Å². The van der Waals surface area contributed by atoms with Gasteiger partial charge in [-0.15, -0.1) is 0 Å². The van der Waals surface area contributed by atoms with E-state index in [2.05, 4.69) is 9.10 Å². The molecule has 2 aromatic carbocycles. The Hall–Kier alpha value is -1.83. The molecule has 0 unspecified atom stereocenters. The summed E-state index contributed by atoms with van der Waals surface area (Å²) in [6.45, 7) is 0. The molecule has 0 bridgehead atoms. The Labute approximate surface area is 136 Å². The van der Waals surface area contributed by atoms with Crippen molar-refractivity contribution in [2.75, 3.05) is 11.8 Å². The molecule has 1 heterocycles. The molecule has 0 saturated heterocycles. The van der Waals surface area contributed by atoms with Gasteiger partial charge in [0.05, 0.1) is 21.7 Å². The van der Waals surface area contributed by atoms with Crippen molar-refractivity contribution in [3.05, 3.63) is 47.6 Å². The number of nitrogens with one attached hydrogen (secondary N) is 1. The highest BCUT2D eigenvalue weighted by molar-refractivity contribution is 7.92. The first kappa shape index (κ1) is 15.1. The van der Waals surface area contributed by atoms with Gasteiger partial charge in [-0.1, -0.05) is 11.6 Å². The molecule has 8 heteroatoms. The third-order valence-electron chi connectivity index (χ3n) is 3.04. The molecule has 0 aliphatic rings. The number of halogens is 1. The number of hydrogen-bond acceptors (Lipinski definition) is 5. The van der Waals surface area contributed by atoms with Crippen LogP contribution in [-0.2, 0) is 10.0 Å². The third kappa shape index (κ3) is 2.87. The maximum absolute atomic E-state index is 12.4. The van der Waals surface area contributed by atoms with Gasteiger partial charge in [-0.05, 0) is 47.9 Å². The molecule has 3 rings (SSSR count). The van der Waals surface area contributed by atoms with Crippen molar-refractivity contribution < 1.29 is 13.2 Å². The van der Waals surface area contributed by atoms with Crippen molar-refractivity contribution in [1.29, 1.82) is 0 Å². The number of sulfonamides is 1. The topological polar surface area (TPSA) is 68.3 Å².